The summed E-state index contributed by atoms with van der Waals surface area (Å²) < 4.78 is 151. The minimum absolute atomic E-state index is 0.117. The molecular formula is C30H48F10O7Si. The first kappa shape index (κ1) is 41.7. The number of hydrogen-bond donors (Lipinski definition) is 3. The van der Waals surface area contributed by atoms with Crippen LogP contribution in [0.5, 0.6) is 0 Å². The number of fused-ring (bicyclic) bond motifs is 7. The van der Waals surface area contributed by atoms with Gasteiger partial charge in [0.15, 0.2) is 5.79 Å². The maximum absolute atomic E-state index is 14.6. The van der Waals surface area contributed by atoms with Crippen LogP contribution in [0.25, 0.3) is 0 Å². The van der Waals surface area contributed by atoms with Gasteiger partial charge in [-0.15, -0.1) is 0 Å². The normalized spacial score (nSPS) is 40.0. The van der Waals surface area contributed by atoms with Gasteiger partial charge in [-0.05, 0) is 89.4 Å². The molecule has 0 radical (unpaired) electrons. The summed E-state index contributed by atoms with van der Waals surface area (Å²) in [4.78, 5) is 0. The molecule has 0 amide bonds. The van der Waals surface area contributed by atoms with Crippen LogP contribution in [-0.2, 0) is 18.9 Å². The van der Waals surface area contributed by atoms with Crippen LogP contribution in [0.3, 0.4) is 0 Å². The van der Waals surface area contributed by atoms with Gasteiger partial charge in [0.2, 0.25) is 0 Å². The standard InChI is InChI=1S/C13H17F5O4.C13H19F5O3.C4H12Si/c1-10(21-5-19)8-6-2-3-7(4-6)9(8)22-12(20,11(10,14)15)13(16,17)18;1-10(2,21-13(18,19)12(15,16)17)20-11(7-14)6-8-3-4-9(11)5-8;1-5(2,3)4/h6-9,19-20H,2-5H2,1H3;8-9,19H,3-7H2,1-2H3;1-4H3. The van der Waals surface area contributed by atoms with Crippen molar-refractivity contribution in [1.82, 2.24) is 0 Å². The Morgan fingerprint density at radius 2 is 1.44 bits per heavy atom. The van der Waals surface area contributed by atoms with Crippen molar-refractivity contribution in [1.29, 1.82) is 0 Å². The van der Waals surface area contributed by atoms with E-state index in [9.17, 15) is 49.0 Å². The van der Waals surface area contributed by atoms with E-state index in [-0.39, 0.29) is 23.7 Å². The first-order valence-corrected chi connectivity index (χ1v) is 19.9. The summed E-state index contributed by atoms with van der Waals surface area (Å²) >= 11 is 0. The molecule has 0 aromatic carbocycles. The summed E-state index contributed by atoms with van der Waals surface area (Å²) in [7, 11) is -0.611. The van der Waals surface area contributed by atoms with Gasteiger partial charge in [0.1, 0.15) is 24.7 Å². The lowest BCUT2D eigenvalue weighted by atomic mass is 9.68. The number of ether oxygens (including phenoxy) is 4. The van der Waals surface area contributed by atoms with Crippen molar-refractivity contribution in [3.63, 3.8) is 0 Å². The van der Waals surface area contributed by atoms with E-state index in [2.05, 4.69) is 35.7 Å². The molecule has 1 aliphatic heterocycles. The molecule has 0 aromatic heterocycles. The third-order valence-electron chi connectivity index (χ3n) is 9.91. The van der Waals surface area contributed by atoms with Crippen molar-refractivity contribution in [3.05, 3.63) is 0 Å². The van der Waals surface area contributed by atoms with Gasteiger partial charge in [-0.1, -0.05) is 26.2 Å². The summed E-state index contributed by atoms with van der Waals surface area (Å²) in [6.07, 6.45) is -8.06. The van der Waals surface area contributed by atoms with Crippen LogP contribution in [0, 0.1) is 29.6 Å². The van der Waals surface area contributed by atoms with Gasteiger partial charge < -0.3 is 29.5 Å². The van der Waals surface area contributed by atoms with Gasteiger partial charge in [-0.3, -0.25) is 4.74 Å². The molecule has 0 aromatic rings. The quantitative estimate of drug-likeness (QED) is 0.142. The monoisotopic (exact) mass is 738 g/mol. The van der Waals surface area contributed by atoms with Crippen LogP contribution in [-0.4, -0.2) is 90.1 Å². The summed E-state index contributed by atoms with van der Waals surface area (Å²) in [5.41, 5.74) is -3.91. The smallest absolute Gasteiger partial charge is 0.371 e. The molecule has 4 bridgehead atoms. The molecule has 7 nitrogen and oxygen atoms in total. The first-order chi connectivity index (χ1) is 21.4. The third-order valence-corrected chi connectivity index (χ3v) is 9.91. The van der Waals surface area contributed by atoms with Crippen LogP contribution in [0.1, 0.15) is 65.7 Å². The zero-order valence-corrected chi connectivity index (χ0v) is 29.1. The lowest BCUT2D eigenvalue weighted by molar-refractivity contribution is -0.499. The Morgan fingerprint density at radius 3 is 1.85 bits per heavy atom. The minimum atomic E-state index is -5.69. The maximum Gasteiger partial charge on any atom is 0.477 e. The van der Waals surface area contributed by atoms with E-state index >= 15 is 0 Å². The Balaban J connectivity index is 0.000000229. The zero-order chi connectivity index (χ0) is 37.2. The van der Waals surface area contributed by atoms with E-state index < -0.39 is 80.7 Å². The highest BCUT2D eigenvalue weighted by molar-refractivity contribution is 6.74. The van der Waals surface area contributed by atoms with Crippen molar-refractivity contribution in [2.24, 2.45) is 29.6 Å². The van der Waals surface area contributed by atoms with Crippen LogP contribution < -0.4 is 0 Å². The van der Waals surface area contributed by atoms with E-state index in [1.54, 1.807) is 0 Å². The average Bonchev–Trinajstić information content (AvgIpc) is 3.67. The van der Waals surface area contributed by atoms with Crippen LogP contribution in [0.4, 0.5) is 43.9 Å². The summed E-state index contributed by atoms with van der Waals surface area (Å²) in [6.45, 7) is 10.2. The number of halogens is 10. The predicted octanol–water partition coefficient (Wildman–Crippen LogP) is 7.46. The van der Waals surface area contributed by atoms with Crippen molar-refractivity contribution < 1.29 is 78.2 Å². The minimum Gasteiger partial charge on any atom is -0.371 e. The Kier molecular flexibility index (Phi) is 11.6. The molecule has 18 heteroatoms. The molecule has 0 spiro atoms. The second kappa shape index (κ2) is 13.3. The second-order valence-corrected chi connectivity index (χ2v) is 22.0. The molecule has 4 saturated carbocycles. The van der Waals surface area contributed by atoms with Crippen molar-refractivity contribution in [2.75, 3.05) is 13.5 Å². The second-order valence-electron chi connectivity index (χ2n) is 16.0. The molecule has 4 aliphatic carbocycles. The van der Waals surface area contributed by atoms with Gasteiger partial charge in [0, 0.05) is 14.0 Å². The fourth-order valence-electron chi connectivity index (χ4n) is 8.16. The highest BCUT2D eigenvalue weighted by Crippen LogP contribution is 2.65. The highest BCUT2D eigenvalue weighted by atomic mass is 28.3. The lowest BCUT2D eigenvalue weighted by Crippen LogP contribution is -2.77. The number of aliphatic hydroxyl groups is 3. The molecule has 48 heavy (non-hydrogen) atoms. The van der Waals surface area contributed by atoms with Crippen molar-refractivity contribution in [2.45, 2.75) is 145 Å². The fraction of sp³-hybridized carbons (Fsp3) is 1.00. The molecule has 3 N–H and O–H groups in total. The highest BCUT2D eigenvalue weighted by Gasteiger charge is 2.84. The Bertz CT molecular complexity index is 1110. The van der Waals surface area contributed by atoms with Crippen molar-refractivity contribution >= 4 is 8.07 Å². The Morgan fingerprint density at radius 1 is 0.896 bits per heavy atom. The molecule has 5 fully saturated rings. The number of alkyl halides is 10. The van der Waals surface area contributed by atoms with Gasteiger partial charge in [-0.25, -0.2) is 4.39 Å². The molecule has 10 atom stereocenters. The summed E-state index contributed by atoms with van der Waals surface area (Å²) in [5, 5.41) is 27.4. The van der Waals surface area contributed by atoms with Crippen LogP contribution in [0.15, 0.2) is 0 Å². The molecule has 5 aliphatic rings. The van der Waals surface area contributed by atoms with Gasteiger partial charge in [0.05, 0.1) is 6.10 Å². The number of rotatable bonds is 7. The fourth-order valence-corrected chi connectivity index (χ4v) is 8.16. The molecule has 284 valence electrons. The largest absolute Gasteiger partial charge is 0.477 e. The molecule has 1 heterocycles. The topological polar surface area (TPSA) is 97.6 Å². The summed E-state index contributed by atoms with van der Waals surface area (Å²) in [6, 6.07) is -4.84. The maximum atomic E-state index is 14.6. The van der Waals surface area contributed by atoms with Gasteiger partial charge in [-0.2, -0.15) is 39.5 Å². The van der Waals surface area contributed by atoms with E-state index in [0.29, 0.717) is 25.7 Å². The number of aliphatic hydroxyl groups excluding tert-OH is 1. The SMILES string of the molecule is CC(C)(OC1(CF)CC2CCC1C2)OC(O)(F)C(F)(F)F.CC1(OCO)C2C3CCC(C3)C2OC(O)(C(F)(F)F)C1(F)F.C[Si](C)(C)C. The van der Waals surface area contributed by atoms with E-state index in [1.165, 1.54) is 0 Å². The first-order valence-electron chi connectivity index (χ1n) is 15.9. The average molecular weight is 739 g/mol. The molecule has 5 rings (SSSR count). The van der Waals surface area contributed by atoms with E-state index in [1.807, 2.05) is 0 Å². The predicted molar refractivity (Wildman–Crippen MR) is 153 cm³/mol. The third kappa shape index (κ3) is 7.84. The summed E-state index contributed by atoms with van der Waals surface area (Å²) in [5.74, 6) is -12.9. The van der Waals surface area contributed by atoms with E-state index in [4.69, 9.17) is 19.7 Å². The van der Waals surface area contributed by atoms with Crippen molar-refractivity contribution in [3.8, 4) is 0 Å². The Hall–Kier alpha value is -0.763. The van der Waals surface area contributed by atoms with Gasteiger partial charge >= 0.3 is 30.1 Å². The molecule has 1 saturated heterocycles. The lowest BCUT2D eigenvalue weighted by Gasteiger charge is -2.56. The van der Waals surface area contributed by atoms with Crippen LogP contribution >= 0.6 is 0 Å². The Labute approximate surface area is 274 Å². The van der Waals surface area contributed by atoms with E-state index in [0.717, 1.165) is 40.0 Å². The van der Waals surface area contributed by atoms with Gasteiger partial charge in [0.25, 0.3) is 0 Å². The molecule has 10 unspecified atom stereocenters. The number of hydrogen-bond acceptors (Lipinski definition) is 7. The molecular weight excluding hydrogens is 690 g/mol. The zero-order valence-electron chi connectivity index (χ0n) is 28.1. The van der Waals surface area contributed by atoms with Crippen LogP contribution in [0.2, 0.25) is 26.2 Å².